The van der Waals surface area contributed by atoms with E-state index in [4.69, 9.17) is 4.74 Å². The van der Waals surface area contributed by atoms with Crippen LogP contribution in [0.2, 0.25) is 0 Å². The number of hydrogen-bond donors (Lipinski definition) is 1. The van der Waals surface area contributed by atoms with E-state index in [2.05, 4.69) is 39.4 Å². The number of carbonyl (C=O) groups excluding carboxylic acids is 1. The molecule has 0 unspecified atom stereocenters. The molecule has 1 aromatic carbocycles. The van der Waals surface area contributed by atoms with Gasteiger partial charge < -0.3 is 15.0 Å². The Morgan fingerprint density at radius 1 is 1.00 bits per heavy atom. The highest BCUT2D eigenvalue weighted by Crippen LogP contribution is 2.28. The first kappa shape index (κ1) is 18.8. The Balaban J connectivity index is 1.13. The third-order valence-electron chi connectivity index (χ3n) is 6.31. The second-order valence-electron chi connectivity index (χ2n) is 8.41. The summed E-state index contributed by atoms with van der Waals surface area (Å²) in [6.07, 6.45) is 6.49. The lowest BCUT2D eigenvalue weighted by molar-refractivity contribution is -0.122. The minimum Gasteiger partial charge on any atom is -0.494 e. The van der Waals surface area contributed by atoms with Crippen molar-refractivity contribution in [3.05, 3.63) is 29.8 Å². The molecule has 0 spiro atoms. The van der Waals surface area contributed by atoms with Crippen LogP contribution >= 0.6 is 0 Å². The zero-order valence-electron chi connectivity index (χ0n) is 16.4. The summed E-state index contributed by atoms with van der Waals surface area (Å²) < 4.78 is 5.91. The Bertz CT molecular complexity index is 612. The summed E-state index contributed by atoms with van der Waals surface area (Å²) in [5.74, 6) is 1.92. The van der Waals surface area contributed by atoms with E-state index >= 15 is 0 Å². The fraction of sp³-hybridized carbons (Fsp3) is 0.682. The number of nitrogens with one attached hydrogen (secondary N) is 1. The summed E-state index contributed by atoms with van der Waals surface area (Å²) in [5, 5.41) is 2.98. The first-order valence-electron chi connectivity index (χ1n) is 10.7. The summed E-state index contributed by atoms with van der Waals surface area (Å²) in [4.78, 5) is 16.8. The highest BCUT2D eigenvalue weighted by atomic mass is 16.5. The second kappa shape index (κ2) is 9.07. The normalized spacial score (nSPS) is 26.1. The Morgan fingerprint density at radius 2 is 1.81 bits per heavy atom. The highest BCUT2D eigenvalue weighted by Gasteiger charge is 2.41. The minimum absolute atomic E-state index is 0.206. The number of benzene rings is 1. The number of hydrogen-bond acceptors (Lipinski definition) is 4. The first-order chi connectivity index (χ1) is 13.3. The molecule has 0 bridgehead atoms. The van der Waals surface area contributed by atoms with Crippen LogP contribution in [0, 0.1) is 11.8 Å². The van der Waals surface area contributed by atoms with Gasteiger partial charge in [0.05, 0.1) is 12.5 Å². The molecule has 0 saturated carbocycles. The molecular weight excluding hydrogens is 338 g/mol. The number of piperidine rings is 1. The van der Waals surface area contributed by atoms with Gasteiger partial charge in [-0.05, 0) is 63.0 Å². The molecule has 1 N–H and O–H groups in total. The van der Waals surface area contributed by atoms with Gasteiger partial charge in [0.1, 0.15) is 5.75 Å². The van der Waals surface area contributed by atoms with Gasteiger partial charge >= 0.3 is 0 Å². The van der Waals surface area contributed by atoms with Crippen molar-refractivity contribution < 1.29 is 9.53 Å². The number of fused-ring (bicyclic) bond motifs is 1. The number of likely N-dealkylation sites (tertiary alicyclic amines) is 2. The zero-order valence-corrected chi connectivity index (χ0v) is 16.4. The number of carbonyl (C=O) groups is 1. The number of amides is 1. The van der Waals surface area contributed by atoms with Gasteiger partial charge in [0.2, 0.25) is 5.91 Å². The molecular formula is C22H33N3O2. The van der Waals surface area contributed by atoms with Crippen LogP contribution < -0.4 is 10.1 Å². The standard InChI is InChI=1S/C22H33N3O2/c26-22-21-17-25(16-19(21)14-23-22)15-18-6-8-20(9-7-18)27-13-5-4-12-24-10-2-1-3-11-24/h6-9,19,21H,1-5,10-17H2,(H,23,26)/t19-,21+/m0/s1. The third kappa shape index (κ3) is 5.02. The van der Waals surface area contributed by atoms with Crippen molar-refractivity contribution in [1.82, 2.24) is 15.1 Å². The van der Waals surface area contributed by atoms with Crippen molar-refractivity contribution in [2.75, 3.05) is 45.9 Å². The monoisotopic (exact) mass is 371 g/mol. The minimum atomic E-state index is 0.206. The average molecular weight is 372 g/mol. The van der Waals surface area contributed by atoms with E-state index in [1.54, 1.807) is 0 Å². The van der Waals surface area contributed by atoms with Crippen LogP contribution in [0.4, 0.5) is 0 Å². The summed E-state index contributed by atoms with van der Waals surface area (Å²) in [7, 11) is 0. The van der Waals surface area contributed by atoms with Gasteiger partial charge in [-0.15, -0.1) is 0 Å². The van der Waals surface area contributed by atoms with Crippen LogP contribution in [-0.2, 0) is 11.3 Å². The van der Waals surface area contributed by atoms with Crippen LogP contribution in [-0.4, -0.2) is 61.6 Å². The topological polar surface area (TPSA) is 44.8 Å². The fourth-order valence-corrected chi connectivity index (χ4v) is 4.72. The van der Waals surface area contributed by atoms with Gasteiger partial charge in [-0.1, -0.05) is 18.6 Å². The van der Waals surface area contributed by atoms with Crippen LogP contribution in [0.15, 0.2) is 24.3 Å². The molecule has 0 aromatic heterocycles. The van der Waals surface area contributed by atoms with Gasteiger partial charge in [-0.25, -0.2) is 0 Å². The average Bonchev–Trinajstić information content (AvgIpc) is 3.25. The molecule has 5 nitrogen and oxygen atoms in total. The molecule has 3 saturated heterocycles. The lowest BCUT2D eigenvalue weighted by Gasteiger charge is -2.26. The largest absolute Gasteiger partial charge is 0.494 e. The SMILES string of the molecule is O=C1NC[C@H]2CN(Cc3ccc(OCCCCN4CCCCC4)cc3)C[C@@H]12. The van der Waals surface area contributed by atoms with E-state index in [0.29, 0.717) is 5.92 Å². The summed E-state index contributed by atoms with van der Waals surface area (Å²) in [5.41, 5.74) is 1.30. The van der Waals surface area contributed by atoms with E-state index in [-0.39, 0.29) is 11.8 Å². The van der Waals surface area contributed by atoms with Crippen LogP contribution in [0.1, 0.15) is 37.7 Å². The maximum Gasteiger partial charge on any atom is 0.224 e. The second-order valence-corrected chi connectivity index (χ2v) is 8.41. The van der Waals surface area contributed by atoms with Crippen LogP contribution in [0.25, 0.3) is 0 Å². The first-order valence-corrected chi connectivity index (χ1v) is 10.7. The van der Waals surface area contributed by atoms with E-state index in [0.717, 1.165) is 45.0 Å². The van der Waals surface area contributed by atoms with Crippen LogP contribution in [0.3, 0.4) is 0 Å². The molecule has 5 heteroatoms. The number of nitrogens with zero attached hydrogens (tertiary/aromatic N) is 2. The number of rotatable bonds is 8. The Kier molecular flexibility index (Phi) is 6.30. The molecule has 148 valence electrons. The van der Waals surface area contributed by atoms with Gasteiger partial charge in [0.15, 0.2) is 0 Å². The van der Waals surface area contributed by atoms with E-state index in [9.17, 15) is 4.79 Å². The smallest absolute Gasteiger partial charge is 0.224 e. The van der Waals surface area contributed by atoms with Crippen molar-refractivity contribution >= 4 is 5.91 Å². The maximum atomic E-state index is 11.8. The Hall–Kier alpha value is -1.59. The summed E-state index contributed by atoms with van der Waals surface area (Å²) in [6.45, 7) is 8.29. The molecule has 1 aromatic rings. The molecule has 0 aliphatic carbocycles. The maximum absolute atomic E-state index is 11.8. The van der Waals surface area contributed by atoms with Crippen molar-refractivity contribution in [2.45, 2.75) is 38.6 Å². The van der Waals surface area contributed by atoms with Gasteiger partial charge in [-0.3, -0.25) is 9.69 Å². The summed E-state index contributed by atoms with van der Waals surface area (Å²) in [6, 6.07) is 8.50. The molecule has 3 aliphatic heterocycles. The van der Waals surface area contributed by atoms with Gasteiger partial charge in [0, 0.05) is 32.1 Å². The molecule has 1 amide bonds. The third-order valence-corrected chi connectivity index (χ3v) is 6.31. The quantitative estimate of drug-likeness (QED) is 0.713. The number of ether oxygens (including phenoxy) is 1. The van der Waals surface area contributed by atoms with Crippen molar-refractivity contribution in [2.24, 2.45) is 11.8 Å². The summed E-state index contributed by atoms with van der Waals surface area (Å²) >= 11 is 0. The van der Waals surface area contributed by atoms with Crippen LogP contribution in [0.5, 0.6) is 5.75 Å². The highest BCUT2D eigenvalue weighted by molar-refractivity contribution is 5.81. The van der Waals surface area contributed by atoms with Crippen molar-refractivity contribution in [1.29, 1.82) is 0 Å². The van der Waals surface area contributed by atoms with Crippen molar-refractivity contribution in [3.8, 4) is 5.75 Å². The molecule has 27 heavy (non-hydrogen) atoms. The van der Waals surface area contributed by atoms with E-state index < -0.39 is 0 Å². The molecule has 3 fully saturated rings. The Morgan fingerprint density at radius 3 is 2.59 bits per heavy atom. The van der Waals surface area contributed by atoms with Crippen molar-refractivity contribution in [3.63, 3.8) is 0 Å². The lowest BCUT2D eigenvalue weighted by atomic mass is 10.0. The van der Waals surface area contributed by atoms with E-state index in [1.165, 1.54) is 50.9 Å². The fourth-order valence-electron chi connectivity index (χ4n) is 4.72. The molecule has 3 aliphatic rings. The number of unbranched alkanes of at least 4 members (excludes halogenated alkanes) is 1. The molecule has 4 rings (SSSR count). The molecule has 2 atom stereocenters. The molecule has 0 radical (unpaired) electrons. The van der Waals surface area contributed by atoms with E-state index in [1.807, 2.05) is 0 Å². The van der Waals surface area contributed by atoms with Gasteiger partial charge in [-0.2, -0.15) is 0 Å². The Labute approximate surface area is 163 Å². The van der Waals surface area contributed by atoms with Gasteiger partial charge in [0.25, 0.3) is 0 Å². The zero-order chi connectivity index (χ0) is 18.5. The predicted molar refractivity (Wildman–Crippen MR) is 107 cm³/mol. The lowest BCUT2D eigenvalue weighted by Crippen LogP contribution is -2.30. The predicted octanol–water partition coefficient (Wildman–Crippen LogP) is 2.51. The molecule has 3 heterocycles.